The second kappa shape index (κ2) is 13.6. The molecule has 0 heterocycles. The fourth-order valence-electron chi connectivity index (χ4n) is 1.33. The van der Waals surface area contributed by atoms with Crippen LogP contribution in [-0.2, 0) is 9.53 Å². The summed E-state index contributed by atoms with van der Waals surface area (Å²) in [6, 6.07) is 0. The minimum absolute atomic E-state index is 0.204. The van der Waals surface area contributed by atoms with Gasteiger partial charge in [0.2, 0.25) is 0 Å². The van der Waals surface area contributed by atoms with Crippen LogP contribution in [0.15, 0.2) is 11.5 Å². The van der Waals surface area contributed by atoms with Crippen LogP contribution in [0, 0.1) is 0 Å². The van der Waals surface area contributed by atoms with Crippen molar-refractivity contribution in [3.8, 4) is 0 Å². The Balaban J connectivity index is 3.27. The molecule has 0 N–H and O–H groups in total. The SMILES string of the molecule is CCCCCCCOC(=O)/C=C/SCCCC. The highest BCUT2D eigenvalue weighted by Crippen LogP contribution is 2.06. The van der Waals surface area contributed by atoms with E-state index >= 15 is 0 Å². The normalized spacial score (nSPS) is 10.9. The van der Waals surface area contributed by atoms with Crippen molar-refractivity contribution in [1.29, 1.82) is 0 Å². The van der Waals surface area contributed by atoms with Gasteiger partial charge in [-0.1, -0.05) is 46.0 Å². The second-order valence-corrected chi connectivity index (χ2v) is 5.12. The molecule has 0 amide bonds. The lowest BCUT2D eigenvalue weighted by Gasteiger charge is -2.01. The van der Waals surface area contributed by atoms with Crippen molar-refractivity contribution in [1.82, 2.24) is 0 Å². The molecule has 0 radical (unpaired) electrons. The van der Waals surface area contributed by atoms with Crippen LogP contribution < -0.4 is 0 Å². The zero-order valence-electron chi connectivity index (χ0n) is 11.2. The molecule has 0 saturated carbocycles. The Bertz CT molecular complexity index is 202. The zero-order valence-corrected chi connectivity index (χ0v) is 12.1. The van der Waals surface area contributed by atoms with E-state index in [1.165, 1.54) is 38.2 Å². The summed E-state index contributed by atoms with van der Waals surface area (Å²) in [6.45, 7) is 4.92. The molecule has 3 heteroatoms. The summed E-state index contributed by atoms with van der Waals surface area (Å²) < 4.78 is 5.09. The Morgan fingerprint density at radius 3 is 2.47 bits per heavy atom. The maximum absolute atomic E-state index is 11.2. The van der Waals surface area contributed by atoms with Crippen molar-refractivity contribution in [3.05, 3.63) is 11.5 Å². The minimum atomic E-state index is -0.204. The Labute approximate surface area is 110 Å². The number of ether oxygens (including phenoxy) is 1. The highest BCUT2D eigenvalue weighted by Gasteiger charge is 1.96. The number of thioether (sulfide) groups is 1. The molecule has 0 aromatic carbocycles. The van der Waals surface area contributed by atoms with Gasteiger partial charge in [-0.15, -0.1) is 11.8 Å². The average Bonchev–Trinajstić information content (AvgIpc) is 2.33. The van der Waals surface area contributed by atoms with Crippen molar-refractivity contribution in [3.63, 3.8) is 0 Å². The minimum Gasteiger partial charge on any atom is -0.463 e. The molecular formula is C14H26O2S. The van der Waals surface area contributed by atoms with Gasteiger partial charge in [-0.05, 0) is 24.0 Å². The summed E-state index contributed by atoms with van der Waals surface area (Å²) in [7, 11) is 0. The highest BCUT2D eigenvalue weighted by atomic mass is 32.2. The number of rotatable bonds is 11. The van der Waals surface area contributed by atoms with E-state index in [1.807, 2.05) is 5.41 Å². The number of esters is 1. The van der Waals surface area contributed by atoms with Crippen molar-refractivity contribution in [2.45, 2.75) is 58.8 Å². The predicted molar refractivity (Wildman–Crippen MR) is 76.2 cm³/mol. The molecule has 0 aromatic heterocycles. The van der Waals surface area contributed by atoms with E-state index in [1.54, 1.807) is 11.8 Å². The molecule has 0 aliphatic rings. The van der Waals surface area contributed by atoms with Crippen LogP contribution in [0.2, 0.25) is 0 Å². The van der Waals surface area contributed by atoms with Gasteiger partial charge in [-0.3, -0.25) is 0 Å². The van der Waals surface area contributed by atoms with Gasteiger partial charge in [-0.25, -0.2) is 4.79 Å². The number of carbonyl (C=O) groups is 1. The third-order valence-corrected chi connectivity index (χ3v) is 3.26. The Hall–Kier alpha value is -0.440. The summed E-state index contributed by atoms with van der Waals surface area (Å²) in [5.41, 5.74) is 0. The summed E-state index contributed by atoms with van der Waals surface area (Å²) in [5, 5.41) is 1.84. The van der Waals surface area contributed by atoms with Crippen molar-refractivity contribution in [2.24, 2.45) is 0 Å². The number of carbonyl (C=O) groups excluding carboxylic acids is 1. The van der Waals surface area contributed by atoms with E-state index in [0.717, 1.165) is 18.6 Å². The molecule has 0 fully saturated rings. The summed E-state index contributed by atoms with van der Waals surface area (Å²) in [5.74, 6) is 0.876. The lowest BCUT2D eigenvalue weighted by molar-refractivity contribution is -0.137. The number of hydrogen-bond donors (Lipinski definition) is 0. The number of hydrogen-bond acceptors (Lipinski definition) is 3. The lowest BCUT2D eigenvalue weighted by atomic mass is 10.2. The molecule has 0 atom stereocenters. The first-order chi connectivity index (χ1) is 8.31. The van der Waals surface area contributed by atoms with E-state index in [-0.39, 0.29) is 5.97 Å². The van der Waals surface area contributed by atoms with Crippen molar-refractivity contribution >= 4 is 17.7 Å². The van der Waals surface area contributed by atoms with Gasteiger partial charge in [0.05, 0.1) is 6.61 Å². The average molecular weight is 258 g/mol. The largest absolute Gasteiger partial charge is 0.463 e. The van der Waals surface area contributed by atoms with E-state index < -0.39 is 0 Å². The van der Waals surface area contributed by atoms with Gasteiger partial charge in [0.15, 0.2) is 0 Å². The molecule has 100 valence electrons. The summed E-state index contributed by atoms with van der Waals surface area (Å²) in [6.07, 6.45) is 9.85. The number of unbranched alkanes of at least 4 members (excludes halogenated alkanes) is 5. The van der Waals surface area contributed by atoms with Gasteiger partial charge in [0.25, 0.3) is 0 Å². The lowest BCUT2D eigenvalue weighted by Crippen LogP contribution is -2.01. The monoisotopic (exact) mass is 258 g/mol. The quantitative estimate of drug-likeness (QED) is 0.309. The molecule has 0 spiro atoms. The molecule has 0 unspecified atom stereocenters. The van der Waals surface area contributed by atoms with Crippen LogP contribution in [0.1, 0.15) is 58.8 Å². The third-order valence-electron chi connectivity index (χ3n) is 2.41. The zero-order chi connectivity index (χ0) is 12.8. The molecule has 17 heavy (non-hydrogen) atoms. The van der Waals surface area contributed by atoms with Gasteiger partial charge in [0, 0.05) is 6.08 Å². The van der Waals surface area contributed by atoms with Crippen LogP contribution in [-0.4, -0.2) is 18.3 Å². The molecule has 0 saturated heterocycles. The van der Waals surface area contributed by atoms with Crippen LogP contribution in [0.3, 0.4) is 0 Å². The smallest absolute Gasteiger partial charge is 0.331 e. The van der Waals surface area contributed by atoms with Crippen LogP contribution in [0.4, 0.5) is 0 Å². The fourth-order valence-corrected chi connectivity index (χ4v) is 2.12. The van der Waals surface area contributed by atoms with E-state index in [9.17, 15) is 4.79 Å². The molecular weight excluding hydrogens is 232 g/mol. The van der Waals surface area contributed by atoms with E-state index in [2.05, 4.69) is 13.8 Å². The van der Waals surface area contributed by atoms with Crippen LogP contribution in [0.25, 0.3) is 0 Å². The topological polar surface area (TPSA) is 26.3 Å². The third kappa shape index (κ3) is 13.5. The van der Waals surface area contributed by atoms with Crippen molar-refractivity contribution in [2.75, 3.05) is 12.4 Å². The standard InChI is InChI=1S/C14H26O2S/c1-3-5-7-8-9-11-16-14(15)10-13-17-12-6-4-2/h10,13H,3-9,11-12H2,1-2H3/b13-10+. The summed E-state index contributed by atoms with van der Waals surface area (Å²) in [4.78, 5) is 11.2. The Morgan fingerprint density at radius 1 is 1.06 bits per heavy atom. The maximum atomic E-state index is 11.2. The Kier molecular flexibility index (Phi) is 13.3. The molecule has 2 nitrogen and oxygen atoms in total. The van der Waals surface area contributed by atoms with E-state index in [0.29, 0.717) is 6.61 Å². The summed E-state index contributed by atoms with van der Waals surface area (Å²) >= 11 is 1.68. The molecule has 0 bridgehead atoms. The highest BCUT2D eigenvalue weighted by molar-refractivity contribution is 8.02. The predicted octanol–water partition coefficient (Wildman–Crippen LogP) is 4.55. The first-order valence-corrected chi connectivity index (χ1v) is 7.81. The molecule has 0 aliphatic heterocycles. The van der Waals surface area contributed by atoms with Gasteiger partial charge >= 0.3 is 5.97 Å². The molecule has 0 rings (SSSR count). The van der Waals surface area contributed by atoms with Gasteiger partial charge < -0.3 is 4.74 Å². The van der Waals surface area contributed by atoms with Crippen LogP contribution in [0.5, 0.6) is 0 Å². The first-order valence-electron chi connectivity index (χ1n) is 6.76. The van der Waals surface area contributed by atoms with Gasteiger partial charge in [0.1, 0.15) is 0 Å². The second-order valence-electron chi connectivity index (χ2n) is 4.11. The fraction of sp³-hybridized carbons (Fsp3) is 0.786. The molecule has 0 aliphatic carbocycles. The molecule has 0 aromatic rings. The first kappa shape index (κ1) is 16.6. The Morgan fingerprint density at radius 2 is 1.76 bits per heavy atom. The van der Waals surface area contributed by atoms with Gasteiger partial charge in [-0.2, -0.15) is 0 Å². The maximum Gasteiger partial charge on any atom is 0.331 e. The van der Waals surface area contributed by atoms with Crippen molar-refractivity contribution < 1.29 is 9.53 Å². The van der Waals surface area contributed by atoms with E-state index in [4.69, 9.17) is 4.74 Å². The van der Waals surface area contributed by atoms with Crippen LogP contribution >= 0.6 is 11.8 Å².